The van der Waals surface area contributed by atoms with Crippen molar-refractivity contribution in [3.63, 3.8) is 0 Å². The van der Waals surface area contributed by atoms with Crippen molar-refractivity contribution in [1.82, 2.24) is 0 Å². The summed E-state index contributed by atoms with van der Waals surface area (Å²) in [6, 6.07) is 18.9. The fourth-order valence-electron chi connectivity index (χ4n) is 2.32. The lowest BCUT2D eigenvalue weighted by Crippen LogP contribution is -2.20. The Morgan fingerprint density at radius 2 is 1.00 bits per heavy atom. The highest BCUT2D eigenvalue weighted by Crippen LogP contribution is 2.24. The first kappa shape index (κ1) is 17.8. The summed E-state index contributed by atoms with van der Waals surface area (Å²) in [5.41, 5.74) is -0.324. The Labute approximate surface area is 144 Å². The molecule has 2 rings (SSSR count). The van der Waals surface area contributed by atoms with Crippen molar-refractivity contribution in [3.05, 3.63) is 71.8 Å². The van der Waals surface area contributed by atoms with Crippen LogP contribution in [0.2, 0.25) is 0 Å². The predicted molar refractivity (Wildman–Crippen MR) is 96.8 cm³/mol. The minimum atomic E-state index is -0.995. The molecular formula is C22H22O2. The molecule has 2 atom stereocenters. The molecule has 0 fully saturated rings. The Hall–Kier alpha value is -2.52. The number of benzene rings is 2. The molecule has 0 aromatic heterocycles. The van der Waals surface area contributed by atoms with Crippen molar-refractivity contribution in [2.75, 3.05) is 0 Å². The van der Waals surface area contributed by atoms with Gasteiger partial charge in [0.15, 0.2) is 0 Å². The van der Waals surface area contributed by atoms with E-state index in [0.29, 0.717) is 12.8 Å². The highest BCUT2D eigenvalue weighted by atomic mass is 16.3. The number of aliphatic hydroxyl groups is 2. The molecule has 2 unspecified atom stereocenters. The van der Waals surface area contributed by atoms with Crippen LogP contribution in [-0.2, 0) is 11.2 Å². The van der Waals surface area contributed by atoms with Gasteiger partial charge in [0.2, 0.25) is 0 Å². The van der Waals surface area contributed by atoms with Crippen LogP contribution < -0.4 is 0 Å². The highest BCUT2D eigenvalue weighted by molar-refractivity contribution is 5.31. The first-order valence-corrected chi connectivity index (χ1v) is 7.93. The van der Waals surface area contributed by atoms with Crippen molar-refractivity contribution in [2.24, 2.45) is 0 Å². The monoisotopic (exact) mass is 318 g/mol. The Bertz CT molecular complexity index is 697. The van der Waals surface area contributed by atoms with Crippen LogP contribution >= 0.6 is 0 Å². The standard InChI is InChI=1S/C22H22O2/c1-21(23,19-13-7-5-8-14-19)17-11-3-4-12-18-22(2,24)20-15-9-6-10-16-20/h5-10,13-16,23-24H,17-18H2,1-2H3. The summed E-state index contributed by atoms with van der Waals surface area (Å²) in [7, 11) is 0. The van der Waals surface area contributed by atoms with Gasteiger partial charge in [0.1, 0.15) is 0 Å². The summed E-state index contributed by atoms with van der Waals surface area (Å²) in [5, 5.41) is 20.9. The van der Waals surface area contributed by atoms with Gasteiger partial charge in [0.05, 0.1) is 11.2 Å². The van der Waals surface area contributed by atoms with Crippen LogP contribution in [0.25, 0.3) is 0 Å². The van der Waals surface area contributed by atoms with Gasteiger partial charge in [-0.1, -0.05) is 72.5 Å². The molecule has 2 nitrogen and oxygen atoms in total. The van der Waals surface area contributed by atoms with Crippen molar-refractivity contribution in [2.45, 2.75) is 37.9 Å². The molecule has 0 spiro atoms. The van der Waals surface area contributed by atoms with Crippen LogP contribution in [-0.4, -0.2) is 10.2 Å². The lowest BCUT2D eigenvalue weighted by Gasteiger charge is -2.20. The van der Waals surface area contributed by atoms with Gasteiger partial charge in [0, 0.05) is 12.8 Å². The molecule has 0 heterocycles. The molecule has 0 bridgehead atoms. The third-order valence-electron chi connectivity index (χ3n) is 3.90. The maximum atomic E-state index is 10.4. The van der Waals surface area contributed by atoms with Crippen molar-refractivity contribution < 1.29 is 10.2 Å². The molecule has 122 valence electrons. The zero-order chi connectivity index (χ0) is 17.5. The quantitative estimate of drug-likeness (QED) is 0.846. The Kier molecular flexibility index (Phi) is 5.83. The maximum absolute atomic E-state index is 10.4. The molecule has 2 heteroatoms. The first-order chi connectivity index (χ1) is 11.4. The zero-order valence-corrected chi connectivity index (χ0v) is 14.1. The highest BCUT2D eigenvalue weighted by Gasteiger charge is 2.21. The third kappa shape index (κ3) is 5.00. The average Bonchev–Trinajstić information content (AvgIpc) is 2.59. The topological polar surface area (TPSA) is 40.5 Å². The van der Waals surface area contributed by atoms with Crippen molar-refractivity contribution >= 4 is 0 Å². The SMILES string of the molecule is CC(O)(CC#CC#CCC(C)(O)c1ccccc1)c1ccccc1. The van der Waals surface area contributed by atoms with E-state index >= 15 is 0 Å². The molecule has 2 N–H and O–H groups in total. The second kappa shape index (κ2) is 7.84. The smallest absolute Gasteiger partial charge is 0.0977 e. The van der Waals surface area contributed by atoms with E-state index in [-0.39, 0.29) is 0 Å². The van der Waals surface area contributed by atoms with Gasteiger partial charge >= 0.3 is 0 Å². The number of hydrogen-bond donors (Lipinski definition) is 2. The van der Waals surface area contributed by atoms with Gasteiger partial charge < -0.3 is 10.2 Å². The third-order valence-corrected chi connectivity index (χ3v) is 3.90. The van der Waals surface area contributed by atoms with Gasteiger partial charge in [-0.2, -0.15) is 0 Å². The van der Waals surface area contributed by atoms with E-state index in [1.54, 1.807) is 13.8 Å². The predicted octanol–water partition coefficient (Wildman–Crippen LogP) is 3.59. The molecule has 2 aromatic carbocycles. The second-order valence-electron chi connectivity index (χ2n) is 6.24. The summed E-state index contributed by atoms with van der Waals surface area (Å²) in [4.78, 5) is 0. The van der Waals surface area contributed by atoms with Gasteiger partial charge in [-0.3, -0.25) is 0 Å². The molecule has 0 amide bonds. The zero-order valence-electron chi connectivity index (χ0n) is 14.1. The molecule has 0 aliphatic rings. The van der Waals surface area contributed by atoms with E-state index < -0.39 is 11.2 Å². The van der Waals surface area contributed by atoms with Crippen molar-refractivity contribution in [1.29, 1.82) is 0 Å². The second-order valence-corrected chi connectivity index (χ2v) is 6.24. The van der Waals surface area contributed by atoms with E-state index in [9.17, 15) is 10.2 Å². The lowest BCUT2D eigenvalue weighted by molar-refractivity contribution is 0.0623. The molecule has 24 heavy (non-hydrogen) atoms. The maximum Gasteiger partial charge on any atom is 0.0977 e. The average molecular weight is 318 g/mol. The van der Waals surface area contributed by atoms with Crippen LogP contribution in [0, 0.1) is 23.7 Å². The summed E-state index contributed by atoms with van der Waals surface area (Å²) < 4.78 is 0. The van der Waals surface area contributed by atoms with E-state index in [0.717, 1.165) is 11.1 Å². The van der Waals surface area contributed by atoms with Crippen molar-refractivity contribution in [3.8, 4) is 23.7 Å². The van der Waals surface area contributed by atoms with Crippen LogP contribution in [0.1, 0.15) is 37.8 Å². The number of hydrogen-bond acceptors (Lipinski definition) is 2. The molecule has 0 saturated heterocycles. The van der Waals surface area contributed by atoms with Gasteiger partial charge in [0.25, 0.3) is 0 Å². The van der Waals surface area contributed by atoms with Crippen LogP contribution in [0.15, 0.2) is 60.7 Å². The molecule has 0 radical (unpaired) electrons. The van der Waals surface area contributed by atoms with Gasteiger partial charge in [-0.25, -0.2) is 0 Å². The molecule has 0 aliphatic carbocycles. The largest absolute Gasteiger partial charge is 0.384 e. The van der Waals surface area contributed by atoms with Crippen LogP contribution in [0.5, 0.6) is 0 Å². The van der Waals surface area contributed by atoms with Gasteiger partial charge in [-0.05, 0) is 36.8 Å². The molecule has 0 saturated carbocycles. The summed E-state index contributed by atoms with van der Waals surface area (Å²) in [6.45, 7) is 3.48. The normalized spacial score (nSPS) is 15.0. The summed E-state index contributed by atoms with van der Waals surface area (Å²) >= 11 is 0. The van der Waals surface area contributed by atoms with E-state index in [4.69, 9.17) is 0 Å². The molecular weight excluding hydrogens is 296 g/mol. The Balaban J connectivity index is 1.94. The fourth-order valence-corrected chi connectivity index (χ4v) is 2.32. The van der Waals surface area contributed by atoms with Crippen LogP contribution in [0.4, 0.5) is 0 Å². The fraction of sp³-hybridized carbons (Fsp3) is 0.273. The Morgan fingerprint density at radius 1 is 0.667 bits per heavy atom. The van der Waals surface area contributed by atoms with Gasteiger partial charge in [-0.15, -0.1) is 0 Å². The molecule has 0 aliphatic heterocycles. The summed E-state index contributed by atoms with van der Waals surface area (Å²) in [6.07, 6.45) is 0.613. The van der Waals surface area contributed by atoms with E-state index in [2.05, 4.69) is 23.7 Å². The molecule has 2 aromatic rings. The first-order valence-electron chi connectivity index (χ1n) is 7.93. The van der Waals surface area contributed by atoms with Crippen LogP contribution in [0.3, 0.4) is 0 Å². The minimum absolute atomic E-state index is 0.306. The lowest BCUT2D eigenvalue weighted by atomic mass is 9.92. The Morgan fingerprint density at radius 3 is 1.33 bits per heavy atom. The summed E-state index contributed by atoms with van der Waals surface area (Å²) in [5.74, 6) is 11.3. The van der Waals surface area contributed by atoms with E-state index in [1.165, 1.54) is 0 Å². The minimum Gasteiger partial charge on any atom is -0.384 e. The number of rotatable bonds is 4. The van der Waals surface area contributed by atoms with E-state index in [1.807, 2.05) is 60.7 Å².